The van der Waals surface area contributed by atoms with Crippen LogP contribution in [-0.4, -0.2) is 17.4 Å². The van der Waals surface area contributed by atoms with E-state index in [1.54, 1.807) is 19.9 Å². The predicted octanol–water partition coefficient (Wildman–Crippen LogP) is 2.05. The van der Waals surface area contributed by atoms with E-state index in [1.165, 1.54) is 12.1 Å². The molecule has 0 saturated carbocycles. The molecule has 0 unspecified atom stereocenters. The summed E-state index contributed by atoms with van der Waals surface area (Å²) in [6.45, 7) is 3.90. The monoisotopic (exact) mass is 246 g/mol. The molecule has 0 fully saturated rings. The number of carbonyl (C=O) groups is 1. The van der Waals surface area contributed by atoms with Crippen LogP contribution in [0.4, 0.5) is 5.69 Å². The number of aryl methyl sites for hydroxylation is 1. The van der Waals surface area contributed by atoms with Gasteiger partial charge in [0, 0.05) is 30.7 Å². The van der Waals surface area contributed by atoms with E-state index in [9.17, 15) is 14.9 Å². The Hall–Kier alpha value is -2.35. The van der Waals surface area contributed by atoms with Gasteiger partial charge in [-0.25, -0.2) is 0 Å². The van der Waals surface area contributed by atoms with Crippen LogP contribution in [0.1, 0.15) is 29.3 Å². The van der Waals surface area contributed by atoms with Gasteiger partial charge in [-0.1, -0.05) is 6.07 Å². The fraction of sp³-hybridized carbons (Fsp3) is 0.308. The Morgan fingerprint density at radius 1 is 1.50 bits per heavy atom. The van der Waals surface area contributed by atoms with E-state index < -0.39 is 4.92 Å². The zero-order chi connectivity index (χ0) is 13.5. The molecule has 1 amide bonds. The number of non-ortho nitro benzene ring substituents is 1. The molecule has 1 rings (SSSR count). The molecule has 0 aliphatic heterocycles. The Balaban J connectivity index is 2.80. The van der Waals surface area contributed by atoms with Gasteiger partial charge >= 0.3 is 0 Å². The number of benzene rings is 1. The van der Waals surface area contributed by atoms with Crippen molar-refractivity contribution in [2.24, 2.45) is 0 Å². The summed E-state index contributed by atoms with van der Waals surface area (Å²) in [7, 11) is 0. The minimum atomic E-state index is -0.515. The quantitative estimate of drug-likeness (QED) is 0.382. The molecule has 0 heterocycles. The molecule has 0 atom stereocenters. The molecule has 1 aromatic rings. The van der Waals surface area contributed by atoms with Crippen LogP contribution in [0.25, 0.3) is 0 Å². The molecule has 0 saturated heterocycles. The van der Waals surface area contributed by atoms with Gasteiger partial charge in [-0.15, -0.1) is 11.8 Å². The van der Waals surface area contributed by atoms with E-state index in [4.69, 9.17) is 0 Å². The topological polar surface area (TPSA) is 72.2 Å². The molecule has 94 valence electrons. The first-order valence-corrected chi connectivity index (χ1v) is 5.49. The van der Waals surface area contributed by atoms with Crippen LogP contribution in [-0.2, 0) is 0 Å². The van der Waals surface area contributed by atoms with Gasteiger partial charge in [0.15, 0.2) is 0 Å². The van der Waals surface area contributed by atoms with Crippen LogP contribution < -0.4 is 5.32 Å². The van der Waals surface area contributed by atoms with E-state index >= 15 is 0 Å². The van der Waals surface area contributed by atoms with Gasteiger partial charge in [-0.2, -0.15) is 0 Å². The summed E-state index contributed by atoms with van der Waals surface area (Å²) in [5, 5.41) is 13.3. The van der Waals surface area contributed by atoms with Crippen molar-refractivity contribution in [1.29, 1.82) is 0 Å². The maximum atomic E-state index is 11.8. The van der Waals surface area contributed by atoms with Crippen molar-refractivity contribution < 1.29 is 9.72 Å². The molecule has 5 heteroatoms. The van der Waals surface area contributed by atoms with E-state index in [2.05, 4.69) is 17.2 Å². The van der Waals surface area contributed by atoms with Crippen LogP contribution in [0, 0.1) is 28.9 Å². The number of nitrogens with zero attached hydrogens (tertiary/aromatic N) is 1. The lowest BCUT2D eigenvalue weighted by molar-refractivity contribution is -0.384. The van der Waals surface area contributed by atoms with Crippen LogP contribution >= 0.6 is 0 Å². The third-order valence-electron chi connectivity index (χ3n) is 2.39. The number of nitro groups is 1. The van der Waals surface area contributed by atoms with Crippen LogP contribution in [0.2, 0.25) is 0 Å². The standard InChI is InChI=1S/C13H14N2O3/c1-3-4-5-8-14-13(16)12-9-11(15(17)18)7-6-10(12)2/h6-7,9H,5,8H2,1-2H3,(H,14,16). The Morgan fingerprint density at radius 3 is 2.83 bits per heavy atom. The number of nitrogens with one attached hydrogen (secondary N) is 1. The van der Waals surface area contributed by atoms with E-state index in [1.807, 2.05) is 0 Å². The summed E-state index contributed by atoms with van der Waals surface area (Å²) in [5.74, 6) is 5.24. The number of hydrogen-bond donors (Lipinski definition) is 1. The molecular formula is C13H14N2O3. The Bertz CT molecular complexity index is 527. The van der Waals surface area contributed by atoms with Gasteiger partial charge in [0.2, 0.25) is 0 Å². The summed E-state index contributed by atoms with van der Waals surface area (Å²) in [4.78, 5) is 21.9. The third-order valence-corrected chi connectivity index (χ3v) is 2.39. The molecule has 18 heavy (non-hydrogen) atoms. The maximum Gasteiger partial charge on any atom is 0.270 e. The van der Waals surface area contributed by atoms with Crippen molar-refractivity contribution in [3.63, 3.8) is 0 Å². The summed E-state index contributed by atoms with van der Waals surface area (Å²) >= 11 is 0. The van der Waals surface area contributed by atoms with E-state index in [0.29, 0.717) is 24.1 Å². The molecule has 0 aromatic heterocycles. The first-order chi connectivity index (χ1) is 8.56. The van der Waals surface area contributed by atoms with Gasteiger partial charge in [0.25, 0.3) is 11.6 Å². The van der Waals surface area contributed by atoms with Crippen LogP contribution in [0.5, 0.6) is 0 Å². The second-order valence-corrected chi connectivity index (χ2v) is 3.69. The van der Waals surface area contributed by atoms with Crippen molar-refractivity contribution in [3.8, 4) is 11.8 Å². The number of rotatable bonds is 4. The fourth-order valence-corrected chi connectivity index (χ4v) is 1.43. The van der Waals surface area contributed by atoms with Crippen molar-refractivity contribution >= 4 is 11.6 Å². The van der Waals surface area contributed by atoms with E-state index in [-0.39, 0.29) is 11.6 Å². The van der Waals surface area contributed by atoms with Crippen molar-refractivity contribution in [2.45, 2.75) is 20.3 Å². The summed E-state index contributed by atoms with van der Waals surface area (Å²) in [6, 6.07) is 4.24. The largest absolute Gasteiger partial charge is 0.351 e. The fourth-order valence-electron chi connectivity index (χ4n) is 1.43. The zero-order valence-electron chi connectivity index (χ0n) is 10.3. The Kier molecular flexibility index (Phi) is 4.88. The van der Waals surface area contributed by atoms with E-state index in [0.717, 1.165) is 0 Å². The van der Waals surface area contributed by atoms with Crippen LogP contribution in [0.15, 0.2) is 18.2 Å². The zero-order valence-corrected chi connectivity index (χ0v) is 10.3. The molecule has 1 aromatic carbocycles. The first-order valence-electron chi connectivity index (χ1n) is 5.49. The normalized spacial score (nSPS) is 9.22. The Labute approximate surface area is 105 Å². The number of nitro benzene ring substituents is 1. The predicted molar refractivity (Wildman–Crippen MR) is 68.2 cm³/mol. The summed E-state index contributed by atoms with van der Waals surface area (Å²) < 4.78 is 0. The van der Waals surface area contributed by atoms with Crippen LogP contribution in [0.3, 0.4) is 0 Å². The van der Waals surface area contributed by atoms with Gasteiger partial charge in [0.1, 0.15) is 0 Å². The van der Waals surface area contributed by atoms with Crippen molar-refractivity contribution in [1.82, 2.24) is 5.32 Å². The highest BCUT2D eigenvalue weighted by molar-refractivity contribution is 5.96. The highest BCUT2D eigenvalue weighted by atomic mass is 16.6. The minimum absolute atomic E-state index is 0.0842. The molecule has 0 spiro atoms. The van der Waals surface area contributed by atoms with Crippen molar-refractivity contribution in [3.05, 3.63) is 39.4 Å². The molecular weight excluding hydrogens is 232 g/mol. The first kappa shape index (κ1) is 13.7. The molecule has 0 aliphatic rings. The molecule has 5 nitrogen and oxygen atoms in total. The van der Waals surface area contributed by atoms with Gasteiger partial charge < -0.3 is 5.32 Å². The van der Waals surface area contributed by atoms with Gasteiger partial charge in [0.05, 0.1) is 4.92 Å². The lowest BCUT2D eigenvalue weighted by Gasteiger charge is -2.06. The smallest absolute Gasteiger partial charge is 0.270 e. The number of amides is 1. The lowest BCUT2D eigenvalue weighted by Crippen LogP contribution is -2.25. The molecule has 1 N–H and O–H groups in total. The lowest BCUT2D eigenvalue weighted by atomic mass is 10.1. The van der Waals surface area contributed by atoms with Gasteiger partial charge in [-0.3, -0.25) is 14.9 Å². The average molecular weight is 246 g/mol. The second kappa shape index (κ2) is 6.40. The highest BCUT2D eigenvalue weighted by Gasteiger charge is 2.13. The average Bonchev–Trinajstić information content (AvgIpc) is 2.34. The second-order valence-electron chi connectivity index (χ2n) is 3.69. The third kappa shape index (κ3) is 3.59. The molecule has 0 aliphatic carbocycles. The number of carbonyl (C=O) groups excluding carboxylic acids is 1. The highest BCUT2D eigenvalue weighted by Crippen LogP contribution is 2.17. The van der Waals surface area contributed by atoms with Gasteiger partial charge in [-0.05, 0) is 19.4 Å². The minimum Gasteiger partial charge on any atom is -0.351 e. The molecule has 0 radical (unpaired) electrons. The summed E-state index contributed by atoms with van der Waals surface area (Å²) in [6.07, 6.45) is 0.566. The Morgan fingerprint density at radius 2 is 2.22 bits per heavy atom. The number of hydrogen-bond acceptors (Lipinski definition) is 3. The maximum absolute atomic E-state index is 11.8. The SMILES string of the molecule is CC#CCCNC(=O)c1cc([N+](=O)[O-])ccc1C. The molecule has 0 bridgehead atoms. The summed E-state index contributed by atoms with van der Waals surface area (Å²) in [5.41, 5.74) is 0.951. The van der Waals surface area contributed by atoms with Crippen molar-refractivity contribution in [2.75, 3.05) is 6.54 Å².